The molecule has 2 aliphatic rings. The van der Waals surface area contributed by atoms with Crippen molar-refractivity contribution in [1.29, 1.82) is 0 Å². The largest absolute Gasteiger partial charge is 0.508 e. The van der Waals surface area contributed by atoms with Gasteiger partial charge in [-0.3, -0.25) is 4.79 Å². The number of hydrogen-bond donors (Lipinski definition) is 2. The average Bonchev–Trinajstić information content (AvgIpc) is 3.19. The molecule has 140 valence electrons. The molecule has 4 rings (SSSR count). The first-order valence-corrected chi connectivity index (χ1v) is 9.19. The van der Waals surface area contributed by atoms with Gasteiger partial charge in [0.05, 0.1) is 5.69 Å². The van der Waals surface area contributed by atoms with Gasteiger partial charge < -0.3 is 15.1 Å². The smallest absolute Gasteiger partial charge is 0.333 e. The van der Waals surface area contributed by atoms with E-state index in [1.165, 1.54) is 0 Å². The summed E-state index contributed by atoms with van der Waals surface area (Å²) in [6.07, 6.45) is 3.42. The van der Waals surface area contributed by atoms with Crippen LogP contribution in [-0.4, -0.2) is 22.1 Å². The van der Waals surface area contributed by atoms with Gasteiger partial charge in [0.25, 0.3) is 0 Å². The third kappa shape index (κ3) is 2.59. The molecule has 6 heteroatoms. The highest BCUT2D eigenvalue weighted by Gasteiger charge is 2.54. The number of rotatable bonds is 4. The van der Waals surface area contributed by atoms with Gasteiger partial charge in [-0.1, -0.05) is 25.1 Å². The molecule has 6 nitrogen and oxygen atoms in total. The van der Waals surface area contributed by atoms with Gasteiger partial charge in [-0.25, -0.2) is 4.79 Å². The van der Waals surface area contributed by atoms with E-state index in [-0.39, 0.29) is 23.3 Å². The summed E-state index contributed by atoms with van der Waals surface area (Å²) in [7, 11) is 0. The van der Waals surface area contributed by atoms with Gasteiger partial charge in [0.1, 0.15) is 5.75 Å². The van der Waals surface area contributed by atoms with E-state index in [2.05, 4.69) is 0 Å². The maximum Gasteiger partial charge on any atom is 0.333 e. The number of carbonyl (C=O) groups is 2. The third-order valence-corrected chi connectivity index (χ3v) is 5.25. The Labute approximate surface area is 157 Å². The third-order valence-electron chi connectivity index (χ3n) is 5.25. The second-order valence-electron chi connectivity index (χ2n) is 7.03. The second-order valence-corrected chi connectivity index (χ2v) is 7.03. The predicted octanol–water partition coefficient (Wildman–Crippen LogP) is 2.72. The quantitative estimate of drug-likeness (QED) is 0.868. The number of phenolic OH excluding ortho intramolecular Hbond substituents is 1. The summed E-state index contributed by atoms with van der Waals surface area (Å²) >= 11 is 0. The number of hydroxylamine groups is 1. The molecule has 1 atom stereocenters. The van der Waals surface area contributed by atoms with E-state index in [0.717, 1.165) is 35.5 Å². The van der Waals surface area contributed by atoms with Crippen LogP contribution >= 0.6 is 0 Å². The van der Waals surface area contributed by atoms with Crippen LogP contribution in [0.3, 0.4) is 0 Å². The molecule has 1 heterocycles. The fourth-order valence-corrected chi connectivity index (χ4v) is 3.93. The zero-order valence-electron chi connectivity index (χ0n) is 15.1. The highest BCUT2D eigenvalue weighted by molar-refractivity contribution is 6.09. The standard InChI is InChI=1S/C21H21NO5/c1-2-6-19(24)27-22-17-10-4-3-9-15(17)21(26,20(22)25)16-11-13-7-5-8-14(13)12-18(16)23/h3-4,9-12,23,26H,2,5-8H2,1H3. The molecule has 1 unspecified atom stereocenters. The van der Waals surface area contributed by atoms with Crippen molar-refractivity contribution < 1.29 is 24.6 Å². The molecule has 0 aromatic heterocycles. The van der Waals surface area contributed by atoms with E-state index >= 15 is 0 Å². The average molecular weight is 367 g/mol. The zero-order valence-corrected chi connectivity index (χ0v) is 15.1. The maximum atomic E-state index is 13.2. The predicted molar refractivity (Wildman–Crippen MR) is 98.1 cm³/mol. The number of amides is 1. The van der Waals surface area contributed by atoms with Crippen LogP contribution in [0.2, 0.25) is 0 Å². The number of hydrogen-bond acceptors (Lipinski definition) is 5. The Hall–Kier alpha value is -2.86. The number of aromatic hydroxyl groups is 1. The monoisotopic (exact) mass is 367 g/mol. The van der Waals surface area contributed by atoms with Crippen LogP contribution in [0.5, 0.6) is 5.75 Å². The number of phenols is 1. The SMILES string of the molecule is CCCC(=O)ON1C(=O)C(O)(c2cc3c(cc2O)CCC3)c2ccccc21. The number of aliphatic hydroxyl groups is 1. The van der Waals surface area contributed by atoms with Crippen molar-refractivity contribution in [2.75, 3.05) is 5.06 Å². The molecule has 2 N–H and O–H groups in total. The molecule has 0 radical (unpaired) electrons. The first kappa shape index (κ1) is 17.5. The van der Waals surface area contributed by atoms with Crippen LogP contribution in [0, 0.1) is 0 Å². The van der Waals surface area contributed by atoms with Crippen molar-refractivity contribution in [2.45, 2.75) is 44.6 Å². The van der Waals surface area contributed by atoms with Gasteiger partial charge in [0.2, 0.25) is 5.60 Å². The minimum Gasteiger partial charge on any atom is -0.508 e. The van der Waals surface area contributed by atoms with Crippen LogP contribution in [0.4, 0.5) is 5.69 Å². The van der Waals surface area contributed by atoms with Crippen molar-refractivity contribution >= 4 is 17.6 Å². The summed E-state index contributed by atoms with van der Waals surface area (Å²) in [6, 6.07) is 9.92. The molecule has 0 saturated carbocycles. The van der Waals surface area contributed by atoms with Gasteiger partial charge in [-0.05, 0) is 55.0 Å². The summed E-state index contributed by atoms with van der Waals surface area (Å²) in [4.78, 5) is 30.4. The van der Waals surface area contributed by atoms with E-state index in [1.54, 1.807) is 36.4 Å². The molecule has 1 amide bonds. The molecule has 27 heavy (non-hydrogen) atoms. The Morgan fingerprint density at radius 3 is 2.63 bits per heavy atom. The minimum atomic E-state index is -2.11. The van der Waals surface area contributed by atoms with Gasteiger partial charge >= 0.3 is 11.9 Å². The zero-order chi connectivity index (χ0) is 19.2. The maximum absolute atomic E-state index is 13.2. The Morgan fingerprint density at radius 1 is 1.19 bits per heavy atom. The van der Waals surface area contributed by atoms with Crippen molar-refractivity contribution in [2.24, 2.45) is 0 Å². The van der Waals surface area contributed by atoms with Gasteiger partial charge in [-0.15, -0.1) is 5.06 Å². The highest BCUT2D eigenvalue weighted by Crippen LogP contribution is 2.48. The molecular weight excluding hydrogens is 346 g/mol. The summed E-state index contributed by atoms with van der Waals surface area (Å²) in [5.74, 6) is -1.49. The Bertz CT molecular complexity index is 938. The Balaban J connectivity index is 1.83. The number of aryl methyl sites for hydroxylation is 2. The van der Waals surface area contributed by atoms with E-state index in [0.29, 0.717) is 12.1 Å². The lowest BCUT2D eigenvalue weighted by atomic mass is 9.85. The molecule has 0 saturated heterocycles. The first-order valence-electron chi connectivity index (χ1n) is 9.19. The molecule has 0 spiro atoms. The fraction of sp³-hybridized carbons (Fsp3) is 0.333. The van der Waals surface area contributed by atoms with Crippen LogP contribution in [0.1, 0.15) is 48.4 Å². The number of para-hydroxylation sites is 1. The van der Waals surface area contributed by atoms with Crippen LogP contribution in [0.25, 0.3) is 0 Å². The molecule has 2 aromatic rings. The second kappa shape index (κ2) is 6.39. The van der Waals surface area contributed by atoms with E-state index in [4.69, 9.17) is 4.84 Å². The lowest BCUT2D eigenvalue weighted by Crippen LogP contribution is -2.42. The number of anilines is 1. The van der Waals surface area contributed by atoms with Gasteiger partial charge in [0.15, 0.2) is 0 Å². The number of fused-ring (bicyclic) bond motifs is 2. The molecule has 0 fully saturated rings. The summed E-state index contributed by atoms with van der Waals surface area (Å²) in [5, 5.41) is 22.9. The van der Waals surface area contributed by atoms with Crippen molar-refractivity contribution in [1.82, 2.24) is 0 Å². The summed E-state index contributed by atoms with van der Waals surface area (Å²) in [6.45, 7) is 1.83. The fourth-order valence-electron chi connectivity index (χ4n) is 3.93. The molecule has 1 aliphatic carbocycles. The lowest BCUT2D eigenvalue weighted by molar-refractivity contribution is -0.154. The summed E-state index contributed by atoms with van der Waals surface area (Å²) < 4.78 is 0. The highest BCUT2D eigenvalue weighted by atomic mass is 16.7. The van der Waals surface area contributed by atoms with Gasteiger partial charge in [-0.2, -0.15) is 0 Å². The van der Waals surface area contributed by atoms with Gasteiger partial charge in [0, 0.05) is 17.5 Å². The minimum absolute atomic E-state index is 0.120. The van der Waals surface area contributed by atoms with Crippen LogP contribution in [0.15, 0.2) is 36.4 Å². The van der Waals surface area contributed by atoms with E-state index in [9.17, 15) is 19.8 Å². The number of nitrogens with zero attached hydrogens (tertiary/aromatic N) is 1. The first-order chi connectivity index (χ1) is 13.0. The van der Waals surface area contributed by atoms with Crippen molar-refractivity contribution in [3.8, 4) is 5.75 Å². The van der Waals surface area contributed by atoms with Crippen molar-refractivity contribution in [3.63, 3.8) is 0 Å². The normalized spacial score (nSPS) is 20.5. The number of benzene rings is 2. The van der Waals surface area contributed by atoms with Crippen molar-refractivity contribution in [3.05, 3.63) is 58.7 Å². The Kier molecular flexibility index (Phi) is 4.15. The molecule has 2 aromatic carbocycles. The van der Waals surface area contributed by atoms with E-state index in [1.807, 2.05) is 6.92 Å². The summed E-state index contributed by atoms with van der Waals surface area (Å²) in [5.41, 5.74) is 0.648. The van der Waals surface area contributed by atoms with Crippen LogP contribution in [-0.2, 0) is 32.9 Å². The molecular formula is C21H21NO5. The molecule has 1 aliphatic heterocycles. The van der Waals surface area contributed by atoms with Crippen LogP contribution < -0.4 is 5.06 Å². The van der Waals surface area contributed by atoms with E-state index < -0.39 is 17.5 Å². The Morgan fingerprint density at radius 2 is 1.89 bits per heavy atom. The topological polar surface area (TPSA) is 87.1 Å². The number of carbonyl (C=O) groups excluding carboxylic acids is 2. The lowest BCUT2D eigenvalue weighted by Gasteiger charge is -2.24. The molecule has 0 bridgehead atoms.